The maximum atomic E-state index is 12.7. The summed E-state index contributed by atoms with van der Waals surface area (Å²) in [5, 5.41) is 28.1. The van der Waals surface area contributed by atoms with Crippen molar-refractivity contribution in [1.82, 2.24) is 19.3 Å². The molecule has 184 valence electrons. The van der Waals surface area contributed by atoms with Crippen LogP contribution >= 0.6 is 11.8 Å². The summed E-state index contributed by atoms with van der Waals surface area (Å²) in [6.07, 6.45) is -1.18. The maximum Gasteiger partial charge on any atom is 0.446 e. The van der Waals surface area contributed by atoms with Gasteiger partial charge in [-0.2, -0.15) is 35.9 Å². The van der Waals surface area contributed by atoms with Gasteiger partial charge in [-0.3, -0.25) is 4.18 Å². The van der Waals surface area contributed by atoms with Gasteiger partial charge >= 0.3 is 15.8 Å². The van der Waals surface area contributed by atoms with Gasteiger partial charge in [-0.15, -0.1) is 0 Å². The lowest BCUT2D eigenvalue weighted by Gasteiger charge is -2.19. The van der Waals surface area contributed by atoms with E-state index in [1.165, 1.54) is 28.9 Å². The van der Waals surface area contributed by atoms with E-state index < -0.39 is 40.1 Å². The number of aliphatic hydroxyl groups is 2. The number of halogens is 3. The smallest absolute Gasteiger partial charge is 0.389 e. The van der Waals surface area contributed by atoms with E-state index in [9.17, 15) is 31.8 Å². The summed E-state index contributed by atoms with van der Waals surface area (Å²) in [5.41, 5.74) is -3.20. The average Bonchev–Trinajstić information content (AvgIpc) is 3.31. The summed E-state index contributed by atoms with van der Waals surface area (Å²) in [5.74, 6) is 0.378. The van der Waals surface area contributed by atoms with Crippen LogP contribution in [0.25, 0.3) is 16.9 Å². The molecule has 10 nitrogen and oxygen atoms in total. The van der Waals surface area contributed by atoms with E-state index in [1.807, 2.05) is 0 Å². The number of benzene rings is 1. The third-order valence-electron chi connectivity index (χ3n) is 5.25. The highest BCUT2D eigenvalue weighted by Crippen LogP contribution is 2.38. The number of nitrogens with one attached hydrogen (secondary N) is 2. The molecule has 0 aliphatic heterocycles. The molecule has 1 saturated carbocycles. The maximum absolute atomic E-state index is 12.7. The van der Waals surface area contributed by atoms with Gasteiger partial charge in [0.1, 0.15) is 11.9 Å². The highest BCUT2D eigenvalue weighted by atomic mass is 32.2. The summed E-state index contributed by atoms with van der Waals surface area (Å²) >= 11 is -0.225. The van der Waals surface area contributed by atoms with Crippen molar-refractivity contribution in [3.05, 3.63) is 42.6 Å². The van der Waals surface area contributed by atoms with E-state index in [4.69, 9.17) is 0 Å². The summed E-state index contributed by atoms with van der Waals surface area (Å²) in [4.78, 5) is 4.22. The number of aliphatic hydroxyl groups excluding tert-OH is 2. The molecule has 2 heterocycles. The van der Waals surface area contributed by atoms with Gasteiger partial charge in [-0.25, -0.2) is 4.98 Å². The van der Waals surface area contributed by atoms with E-state index in [2.05, 4.69) is 24.3 Å². The second kappa shape index (κ2) is 9.31. The summed E-state index contributed by atoms with van der Waals surface area (Å²) in [6, 6.07) is 7.27. The molecular weight excluding hydrogens is 499 g/mol. The van der Waals surface area contributed by atoms with Crippen LogP contribution < -0.4 is 10.0 Å². The third-order valence-corrected chi connectivity index (χ3v) is 7.00. The van der Waals surface area contributed by atoms with Crippen LogP contribution in [0.15, 0.2) is 47.5 Å². The first-order valence-electron chi connectivity index (χ1n) is 9.87. The van der Waals surface area contributed by atoms with Crippen LogP contribution in [0.2, 0.25) is 0 Å². The molecule has 1 aliphatic carbocycles. The molecule has 1 aromatic carbocycles. The third kappa shape index (κ3) is 5.45. The zero-order valence-electron chi connectivity index (χ0n) is 17.5. The molecule has 15 heteroatoms. The number of thioether (sulfide) groups is 1. The van der Waals surface area contributed by atoms with Crippen LogP contribution in [0.1, 0.15) is 6.42 Å². The van der Waals surface area contributed by atoms with Gasteiger partial charge in [-0.1, -0.05) is 12.1 Å². The molecule has 4 rings (SSSR count). The molecule has 3 aromatic rings. The van der Waals surface area contributed by atoms with Crippen LogP contribution in [0.5, 0.6) is 0 Å². The fourth-order valence-corrected chi connectivity index (χ4v) is 5.01. The van der Waals surface area contributed by atoms with E-state index in [1.54, 1.807) is 18.2 Å². The van der Waals surface area contributed by atoms with Crippen LogP contribution in [0.3, 0.4) is 0 Å². The summed E-state index contributed by atoms with van der Waals surface area (Å²) in [6.45, 7) is 0. The van der Waals surface area contributed by atoms with E-state index in [0.717, 1.165) is 7.11 Å². The fourth-order valence-electron chi connectivity index (χ4n) is 3.71. The SMILES string of the molecule is COS(=O)(=O)N[C@@H]1C[C@H](Nc2ccnc3cc(-c4cccc(SC(F)(F)F)c4)nn23)[C@@H](O)[C@H]1O. The lowest BCUT2D eigenvalue weighted by Crippen LogP contribution is -2.43. The Labute approximate surface area is 196 Å². The quantitative estimate of drug-likeness (QED) is 0.344. The normalized spacial score (nSPS) is 23.5. The predicted octanol–water partition coefficient (Wildman–Crippen LogP) is 1.76. The van der Waals surface area contributed by atoms with Gasteiger partial charge in [0.15, 0.2) is 5.65 Å². The number of rotatable bonds is 7. The number of nitrogens with zero attached hydrogens (tertiary/aromatic N) is 3. The molecule has 0 radical (unpaired) electrons. The van der Waals surface area contributed by atoms with Gasteiger partial charge in [0.25, 0.3) is 0 Å². The van der Waals surface area contributed by atoms with E-state index in [-0.39, 0.29) is 23.1 Å². The van der Waals surface area contributed by atoms with Crippen molar-refractivity contribution >= 4 is 33.5 Å². The van der Waals surface area contributed by atoms with Gasteiger partial charge in [0, 0.05) is 22.7 Å². The molecule has 34 heavy (non-hydrogen) atoms. The van der Waals surface area contributed by atoms with Gasteiger partial charge in [0.05, 0.1) is 31.0 Å². The zero-order chi connectivity index (χ0) is 24.7. The Morgan fingerprint density at radius 1 is 1.18 bits per heavy atom. The van der Waals surface area contributed by atoms with E-state index in [0.29, 0.717) is 22.7 Å². The van der Waals surface area contributed by atoms with Crippen molar-refractivity contribution < 1.29 is 36.0 Å². The zero-order valence-corrected chi connectivity index (χ0v) is 19.1. The Kier molecular flexibility index (Phi) is 6.76. The standard InChI is InChI=1S/C19H20F3N5O5S2/c1-32-34(30,31)26-14-8-13(17(28)18(14)29)24-15-5-6-23-16-9-12(25-27(15)16)10-3-2-4-11(7-10)33-19(20,21)22/h2-7,9,13-14,17-18,24,26,28-29H,8H2,1H3/t13-,14+,17+,18-/m0/s1. The average molecular weight is 520 g/mol. The Morgan fingerprint density at radius 3 is 2.62 bits per heavy atom. The largest absolute Gasteiger partial charge is 0.446 e. The Balaban J connectivity index is 1.58. The van der Waals surface area contributed by atoms with Crippen molar-refractivity contribution in [2.45, 2.75) is 41.1 Å². The first-order chi connectivity index (χ1) is 16.0. The molecule has 4 N–H and O–H groups in total. The van der Waals surface area contributed by atoms with Crippen LogP contribution in [0, 0.1) is 0 Å². The lowest BCUT2D eigenvalue weighted by atomic mass is 10.1. The highest BCUT2D eigenvalue weighted by molar-refractivity contribution is 8.00. The van der Waals surface area contributed by atoms with Crippen LogP contribution in [-0.4, -0.2) is 70.1 Å². The number of fused-ring (bicyclic) bond motifs is 1. The predicted molar refractivity (Wildman–Crippen MR) is 117 cm³/mol. The Hall–Kier alpha value is -2.43. The molecule has 4 atom stereocenters. The molecule has 0 bridgehead atoms. The van der Waals surface area contributed by atoms with Gasteiger partial charge in [-0.05, 0) is 36.4 Å². The molecular formula is C19H20F3N5O5S2. The summed E-state index contributed by atoms with van der Waals surface area (Å²) in [7, 11) is -3.11. The molecule has 1 fully saturated rings. The second-order valence-electron chi connectivity index (χ2n) is 7.52. The topological polar surface area (TPSA) is 138 Å². The molecule has 0 spiro atoms. The molecule has 0 unspecified atom stereocenters. The minimum absolute atomic E-state index is 0.0148. The van der Waals surface area contributed by atoms with Crippen molar-refractivity contribution in [2.24, 2.45) is 0 Å². The molecule has 2 aromatic heterocycles. The molecule has 1 aliphatic rings. The van der Waals surface area contributed by atoms with Crippen LogP contribution in [-0.2, 0) is 14.5 Å². The molecule has 0 amide bonds. The van der Waals surface area contributed by atoms with Crippen LogP contribution in [0.4, 0.5) is 19.0 Å². The summed E-state index contributed by atoms with van der Waals surface area (Å²) < 4.78 is 69.4. The minimum Gasteiger partial charge on any atom is -0.389 e. The first kappa shape index (κ1) is 24.7. The Bertz CT molecular complexity index is 1290. The van der Waals surface area contributed by atoms with Crippen molar-refractivity contribution in [3.8, 4) is 11.3 Å². The monoisotopic (exact) mass is 519 g/mol. The highest BCUT2D eigenvalue weighted by Gasteiger charge is 2.43. The number of alkyl halides is 3. The number of hydrogen-bond acceptors (Lipinski definition) is 9. The number of aromatic nitrogens is 3. The first-order valence-corrected chi connectivity index (χ1v) is 12.1. The van der Waals surface area contributed by atoms with Gasteiger partial charge in [0.2, 0.25) is 0 Å². The van der Waals surface area contributed by atoms with Crippen molar-refractivity contribution in [3.63, 3.8) is 0 Å². The van der Waals surface area contributed by atoms with Crippen molar-refractivity contribution in [2.75, 3.05) is 12.4 Å². The lowest BCUT2D eigenvalue weighted by molar-refractivity contribution is -0.0328. The number of anilines is 1. The fraction of sp³-hybridized carbons (Fsp3) is 0.368. The number of hydrogen-bond donors (Lipinski definition) is 4. The molecule has 0 saturated heterocycles. The minimum atomic E-state index is -4.42. The van der Waals surface area contributed by atoms with E-state index >= 15 is 0 Å². The second-order valence-corrected chi connectivity index (χ2v) is 10.1. The van der Waals surface area contributed by atoms with Crippen molar-refractivity contribution in [1.29, 1.82) is 0 Å². The Morgan fingerprint density at radius 2 is 1.91 bits per heavy atom. The van der Waals surface area contributed by atoms with Gasteiger partial charge < -0.3 is 15.5 Å².